The molecule has 0 aliphatic carbocycles. The van der Waals surface area contributed by atoms with Crippen LogP contribution < -0.4 is 0 Å². The van der Waals surface area contributed by atoms with Crippen LogP contribution in [0.1, 0.15) is 31.2 Å². The second-order valence-corrected chi connectivity index (χ2v) is 6.40. The second-order valence-electron chi connectivity index (χ2n) is 6.40. The highest BCUT2D eigenvalue weighted by Gasteiger charge is 2.33. The fourth-order valence-corrected chi connectivity index (χ4v) is 3.00. The zero-order chi connectivity index (χ0) is 17.4. The molecule has 1 aromatic heterocycles. The van der Waals surface area contributed by atoms with E-state index in [1.54, 1.807) is 12.4 Å². The van der Waals surface area contributed by atoms with Gasteiger partial charge in [0, 0.05) is 31.5 Å². The first-order chi connectivity index (χ1) is 11.6. The number of hydrogen-bond donors (Lipinski definition) is 5. The van der Waals surface area contributed by atoms with Crippen LogP contribution in [0.4, 0.5) is 0 Å². The summed E-state index contributed by atoms with van der Waals surface area (Å²) >= 11 is 0. The smallest absolute Gasteiger partial charge is 0.114 e. The molecule has 0 aromatic carbocycles. The Labute approximate surface area is 142 Å². The van der Waals surface area contributed by atoms with Crippen molar-refractivity contribution in [2.45, 2.75) is 56.6 Å². The number of aromatic amines is 1. The van der Waals surface area contributed by atoms with Gasteiger partial charge < -0.3 is 25.2 Å². The molecule has 2 rings (SSSR count). The maximum atomic E-state index is 10.4. The fraction of sp³-hybridized carbons (Fsp3) is 0.812. The Morgan fingerprint density at radius 3 is 2.79 bits per heavy atom. The van der Waals surface area contributed by atoms with Gasteiger partial charge in [-0.3, -0.25) is 10.00 Å². The van der Waals surface area contributed by atoms with Crippen LogP contribution in [0.2, 0.25) is 0 Å². The highest BCUT2D eigenvalue weighted by atomic mass is 16.5. The Morgan fingerprint density at radius 1 is 1.29 bits per heavy atom. The largest absolute Gasteiger partial charge is 0.394 e. The van der Waals surface area contributed by atoms with Crippen LogP contribution in [-0.2, 0) is 11.3 Å². The molecule has 1 fully saturated rings. The topological polar surface area (TPSA) is 122 Å². The van der Waals surface area contributed by atoms with Crippen molar-refractivity contribution in [1.29, 1.82) is 0 Å². The average molecular weight is 343 g/mol. The molecule has 1 aliphatic heterocycles. The number of aromatic nitrogens is 2. The van der Waals surface area contributed by atoms with Gasteiger partial charge in [0.2, 0.25) is 0 Å². The van der Waals surface area contributed by atoms with Gasteiger partial charge in [0.05, 0.1) is 18.9 Å². The minimum atomic E-state index is -1.27. The van der Waals surface area contributed by atoms with E-state index in [-0.39, 0.29) is 6.54 Å². The van der Waals surface area contributed by atoms with Gasteiger partial charge in [0.1, 0.15) is 18.3 Å². The maximum absolute atomic E-state index is 10.4. The van der Waals surface area contributed by atoms with Gasteiger partial charge in [-0.25, -0.2) is 0 Å². The van der Waals surface area contributed by atoms with Crippen molar-refractivity contribution in [3.05, 3.63) is 18.0 Å². The Morgan fingerprint density at radius 2 is 2.08 bits per heavy atom. The average Bonchev–Trinajstić information content (AvgIpc) is 3.08. The van der Waals surface area contributed by atoms with Gasteiger partial charge in [-0.15, -0.1) is 0 Å². The van der Waals surface area contributed by atoms with Gasteiger partial charge in [0.25, 0.3) is 0 Å². The van der Waals surface area contributed by atoms with Gasteiger partial charge in [-0.1, -0.05) is 12.8 Å². The number of H-pyrrole nitrogens is 1. The molecular formula is C16H29N3O5. The van der Waals surface area contributed by atoms with Crippen molar-refractivity contribution in [3.8, 4) is 0 Å². The lowest BCUT2D eigenvalue weighted by atomic mass is 10.0. The summed E-state index contributed by atoms with van der Waals surface area (Å²) in [7, 11) is 0. The van der Waals surface area contributed by atoms with Crippen molar-refractivity contribution < 1.29 is 25.2 Å². The first-order valence-corrected chi connectivity index (χ1v) is 8.58. The van der Waals surface area contributed by atoms with E-state index >= 15 is 0 Å². The molecule has 1 aliphatic rings. The number of nitrogens with one attached hydrogen (secondary N) is 1. The lowest BCUT2D eigenvalue weighted by Gasteiger charge is -2.33. The van der Waals surface area contributed by atoms with Crippen LogP contribution in [0, 0.1) is 0 Å². The predicted octanol–water partition coefficient (Wildman–Crippen LogP) is -0.754. The lowest BCUT2D eigenvalue weighted by Crippen LogP contribution is -2.51. The number of aliphatic hydroxyl groups excluding tert-OH is 4. The van der Waals surface area contributed by atoms with E-state index in [0.29, 0.717) is 13.2 Å². The molecule has 0 bridgehead atoms. The van der Waals surface area contributed by atoms with Crippen molar-refractivity contribution in [1.82, 2.24) is 15.1 Å². The number of aliphatic hydroxyl groups is 4. The summed E-state index contributed by atoms with van der Waals surface area (Å²) in [4.78, 5) is 2.06. The van der Waals surface area contributed by atoms with Crippen LogP contribution in [-0.4, -0.2) is 86.2 Å². The normalized spacial score (nSPS) is 29.6. The molecule has 0 spiro atoms. The van der Waals surface area contributed by atoms with Crippen molar-refractivity contribution >= 4 is 0 Å². The van der Waals surface area contributed by atoms with Crippen LogP contribution in [0.25, 0.3) is 0 Å². The number of rotatable bonds is 4. The number of hydrogen-bond acceptors (Lipinski definition) is 7. The van der Waals surface area contributed by atoms with E-state index in [9.17, 15) is 15.3 Å². The molecule has 0 amide bonds. The predicted molar refractivity (Wildman–Crippen MR) is 87.2 cm³/mol. The van der Waals surface area contributed by atoms with Gasteiger partial charge in [-0.05, 0) is 19.4 Å². The number of β-amino-alcohol motifs (C(OH)–C–C–N with tert-alkyl or cyclic N) is 1. The molecule has 138 valence electrons. The molecule has 0 radical (unpaired) electrons. The van der Waals surface area contributed by atoms with Crippen LogP contribution in [0.5, 0.6) is 0 Å². The van der Waals surface area contributed by atoms with E-state index in [2.05, 4.69) is 15.1 Å². The molecule has 1 aromatic rings. The van der Waals surface area contributed by atoms with Crippen molar-refractivity contribution in [3.63, 3.8) is 0 Å². The Bertz CT molecular complexity index is 445. The summed E-state index contributed by atoms with van der Waals surface area (Å²) in [6.45, 7) is 1.55. The second kappa shape index (κ2) is 10.1. The van der Waals surface area contributed by atoms with E-state index in [1.807, 2.05) is 0 Å². The minimum absolute atomic E-state index is 0.254. The molecule has 2 heterocycles. The van der Waals surface area contributed by atoms with Gasteiger partial charge in [0.15, 0.2) is 0 Å². The van der Waals surface area contributed by atoms with E-state index in [4.69, 9.17) is 9.84 Å². The summed E-state index contributed by atoms with van der Waals surface area (Å²) in [5.41, 5.74) is 1.01. The Kier molecular flexibility index (Phi) is 8.10. The number of nitrogens with zero attached hydrogens (tertiary/aromatic N) is 2. The third-order valence-electron chi connectivity index (χ3n) is 4.38. The highest BCUT2D eigenvalue weighted by molar-refractivity contribution is 5.02. The first-order valence-electron chi connectivity index (χ1n) is 8.58. The summed E-state index contributed by atoms with van der Waals surface area (Å²) in [6.07, 6.45) is 2.85. The molecule has 5 N–H and O–H groups in total. The summed E-state index contributed by atoms with van der Waals surface area (Å²) in [5, 5.41) is 46.5. The number of ether oxygens (including phenoxy) is 1. The van der Waals surface area contributed by atoms with Crippen LogP contribution in [0.3, 0.4) is 0 Å². The summed E-state index contributed by atoms with van der Waals surface area (Å²) < 4.78 is 5.54. The van der Waals surface area contributed by atoms with E-state index in [0.717, 1.165) is 37.8 Å². The SMILES string of the molecule is OC[C@@H](O)[C@H]1OCCCCCCN(Cc2cn[nH]c2)C[C@@H](O)[C@H]1O. The third-order valence-corrected chi connectivity index (χ3v) is 4.38. The molecule has 0 saturated carbocycles. The Balaban J connectivity index is 2.04. The maximum Gasteiger partial charge on any atom is 0.114 e. The van der Waals surface area contributed by atoms with E-state index < -0.39 is 31.0 Å². The lowest BCUT2D eigenvalue weighted by molar-refractivity contribution is -0.147. The van der Waals surface area contributed by atoms with Gasteiger partial charge in [-0.2, -0.15) is 5.10 Å². The van der Waals surface area contributed by atoms with Gasteiger partial charge >= 0.3 is 0 Å². The third kappa shape index (κ3) is 5.80. The molecular weight excluding hydrogens is 314 g/mol. The van der Waals surface area contributed by atoms with Crippen LogP contribution in [0.15, 0.2) is 12.4 Å². The van der Waals surface area contributed by atoms with Crippen molar-refractivity contribution in [2.75, 3.05) is 26.3 Å². The van der Waals surface area contributed by atoms with Crippen molar-refractivity contribution in [2.24, 2.45) is 0 Å². The molecule has 24 heavy (non-hydrogen) atoms. The quantitative estimate of drug-likeness (QED) is 0.487. The molecule has 0 unspecified atom stereocenters. The highest BCUT2D eigenvalue weighted by Crippen LogP contribution is 2.15. The molecule has 4 atom stereocenters. The zero-order valence-corrected chi connectivity index (χ0v) is 13.9. The molecule has 8 nitrogen and oxygen atoms in total. The van der Waals surface area contributed by atoms with Crippen LogP contribution >= 0.6 is 0 Å². The monoisotopic (exact) mass is 343 g/mol. The summed E-state index contributed by atoms with van der Waals surface area (Å²) in [5.74, 6) is 0. The Hall–Kier alpha value is -1.03. The first kappa shape index (κ1) is 19.3. The minimum Gasteiger partial charge on any atom is -0.394 e. The fourth-order valence-electron chi connectivity index (χ4n) is 3.00. The molecule has 1 saturated heterocycles. The summed E-state index contributed by atoms with van der Waals surface area (Å²) in [6, 6.07) is 0. The van der Waals surface area contributed by atoms with E-state index in [1.165, 1.54) is 0 Å². The zero-order valence-electron chi connectivity index (χ0n) is 13.9. The molecule has 8 heteroatoms. The standard InChI is InChI=1S/C16H29N3O5/c20-11-14(22)16-15(23)13(21)10-19(9-12-7-17-18-8-12)5-3-1-2-4-6-24-16/h7-8,13-16,20-23H,1-6,9-11H2,(H,17,18)/t13-,14-,15-,16-/m1/s1.